The third kappa shape index (κ3) is 2.88. The Bertz CT molecular complexity index is 769. The van der Waals surface area contributed by atoms with Crippen LogP contribution in [-0.2, 0) is 6.18 Å². The lowest BCUT2D eigenvalue weighted by Crippen LogP contribution is -2.50. The highest BCUT2D eigenvalue weighted by atomic mass is 19.4. The van der Waals surface area contributed by atoms with Crippen molar-refractivity contribution in [1.29, 1.82) is 5.26 Å². The quantitative estimate of drug-likeness (QED) is 0.846. The van der Waals surface area contributed by atoms with E-state index < -0.39 is 11.9 Å². The van der Waals surface area contributed by atoms with Crippen molar-refractivity contribution in [1.82, 2.24) is 19.7 Å². The van der Waals surface area contributed by atoms with Gasteiger partial charge in [-0.1, -0.05) is 0 Å². The van der Waals surface area contributed by atoms with Crippen LogP contribution in [-0.4, -0.2) is 38.7 Å². The summed E-state index contributed by atoms with van der Waals surface area (Å²) in [5.41, 5.74) is -0.493. The molecule has 1 fully saturated rings. The molecular formula is C14H10F3N5O. The van der Waals surface area contributed by atoms with E-state index in [0.29, 0.717) is 18.7 Å². The SMILES string of the molecule is N#Cc1cnn(C2CN(C(=O)c3ccc(C(F)(F)F)nc3)C2)c1. The molecule has 3 heterocycles. The molecule has 0 atom stereocenters. The van der Waals surface area contributed by atoms with Crippen molar-refractivity contribution in [3.05, 3.63) is 47.5 Å². The molecule has 2 aromatic rings. The summed E-state index contributed by atoms with van der Waals surface area (Å²) in [7, 11) is 0. The summed E-state index contributed by atoms with van der Waals surface area (Å²) in [6.07, 6.45) is -0.571. The van der Waals surface area contributed by atoms with Crippen LogP contribution < -0.4 is 0 Å². The number of alkyl halides is 3. The van der Waals surface area contributed by atoms with Crippen LogP contribution in [0.3, 0.4) is 0 Å². The van der Waals surface area contributed by atoms with Gasteiger partial charge in [0.15, 0.2) is 0 Å². The number of nitrogens with zero attached hydrogens (tertiary/aromatic N) is 5. The van der Waals surface area contributed by atoms with E-state index in [9.17, 15) is 18.0 Å². The lowest BCUT2D eigenvalue weighted by molar-refractivity contribution is -0.141. The van der Waals surface area contributed by atoms with Gasteiger partial charge >= 0.3 is 6.18 Å². The molecule has 2 aromatic heterocycles. The van der Waals surface area contributed by atoms with Crippen LogP contribution in [0.2, 0.25) is 0 Å². The normalized spacial score (nSPS) is 15.1. The molecule has 0 radical (unpaired) electrons. The van der Waals surface area contributed by atoms with Gasteiger partial charge in [0.25, 0.3) is 5.91 Å². The van der Waals surface area contributed by atoms with E-state index in [1.165, 1.54) is 11.1 Å². The Morgan fingerprint density at radius 1 is 1.30 bits per heavy atom. The average Bonchev–Trinajstić information content (AvgIpc) is 2.93. The molecule has 23 heavy (non-hydrogen) atoms. The summed E-state index contributed by atoms with van der Waals surface area (Å²) in [5.74, 6) is -0.380. The van der Waals surface area contributed by atoms with Crippen LogP contribution in [0.1, 0.15) is 27.7 Å². The molecule has 0 aromatic carbocycles. The van der Waals surface area contributed by atoms with Gasteiger partial charge in [-0.2, -0.15) is 23.5 Å². The molecule has 0 spiro atoms. The van der Waals surface area contributed by atoms with Crippen molar-refractivity contribution >= 4 is 5.91 Å². The Kier molecular flexibility index (Phi) is 3.52. The topological polar surface area (TPSA) is 74.8 Å². The highest BCUT2D eigenvalue weighted by Crippen LogP contribution is 2.28. The first-order valence-corrected chi connectivity index (χ1v) is 6.65. The minimum Gasteiger partial charge on any atom is -0.334 e. The molecule has 9 heteroatoms. The number of nitriles is 1. The van der Waals surface area contributed by atoms with Crippen LogP contribution in [0, 0.1) is 11.3 Å². The van der Waals surface area contributed by atoms with Gasteiger partial charge in [0.05, 0.1) is 23.4 Å². The predicted molar refractivity (Wildman–Crippen MR) is 71.1 cm³/mol. The van der Waals surface area contributed by atoms with Gasteiger partial charge in [-0.15, -0.1) is 0 Å². The van der Waals surface area contributed by atoms with Gasteiger partial charge in [-0.3, -0.25) is 14.5 Å². The van der Waals surface area contributed by atoms with Gasteiger partial charge in [0.2, 0.25) is 0 Å². The molecule has 1 saturated heterocycles. The highest BCUT2D eigenvalue weighted by Gasteiger charge is 2.35. The lowest BCUT2D eigenvalue weighted by Gasteiger charge is -2.39. The molecule has 0 bridgehead atoms. The maximum atomic E-state index is 12.4. The van der Waals surface area contributed by atoms with Crippen molar-refractivity contribution in [2.24, 2.45) is 0 Å². The monoisotopic (exact) mass is 321 g/mol. The molecule has 0 aliphatic carbocycles. The first kappa shape index (κ1) is 15.0. The van der Waals surface area contributed by atoms with Crippen molar-refractivity contribution in [3.63, 3.8) is 0 Å². The zero-order valence-electron chi connectivity index (χ0n) is 11.7. The van der Waals surface area contributed by atoms with Gasteiger partial charge < -0.3 is 4.90 Å². The van der Waals surface area contributed by atoms with Crippen molar-refractivity contribution in [2.45, 2.75) is 12.2 Å². The zero-order valence-corrected chi connectivity index (χ0v) is 11.7. The van der Waals surface area contributed by atoms with Gasteiger partial charge in [-0.25, -0.2) is 0 Å². The van der Waals surface area contributed by atoms with E-state index in [1.54, 1.807) is 10.9 Å². The smallest absolute Gasteiger partial charge is 0.334 e. The number of pyridine rings is 1. The number of hydrogen-bond donors (Lipinski definition) is 0. The summed E-state index contributed by atoms with van der Waals surface area (Å²) < 4.78 is 38.9. The van der Waals surface area contributed by atoms with E-state index in [1.807, 2.05) is 6.07 Å². The van der Waals surface area contributed by atoms with Crippen LogP contribution >= 0.6 is 0 Å². The molecule has 1 aliphatic rings. The molecule has 118 valence electrons. The molecule has 1 amide bonds. The minimum absolute atomic E-state index is 0.0385. The predicted octanol–water partition coefficient (Wildman–Crippen LogP) is 1.87. The Hall–Kier alpha value is -2.89. The van der Waals surface area contributed by atoms with Crippen molar-refractivity contribution in [3.8, 4) is 6.07 Å². The standard InChI is InChI=1S/C14H10F3N5O/c15-14(16,17)12-2-1-10(5-19-12)13(23)21-7-11(8-21)22-6-9(3-18)4-20-22/h1-2,4-6,11H,7-8H2. The molecule has 3 rings (SSSR count). The maximum absolute atomic E-state index is 12.4. The van der Waals surface area contributed by atoms with Crippen molar-refractivity contribution in [2.75, 3.05) is 13.1 Å². The second-order valence-corrected chi connectivity index (χ2v) is 5.11. The van der Waals surface area contributed by atoms with Gasteiger partial charge in [0, 0.05) is 25.5 Å². The first-order valence-electron chi connectivity index (χ1n) is 6.65. The third-order valence-corrected chi connectivity index (χ3v) is 3.56. The largest absolute Gasteiger partial charge is 0.433 e. The van der Waals surface area contributed by atoms with Crippen LogP contribution in [0.5, 0.6) is 0 Å². The summed E-state index contributed by atoms with van der Waals surface area (Å²) in [4.78, 5) is 16.9. The number of carbonyl (C=O) groups is 1. The Labute approximate surface area is 128 Å². The number of halogens is 3. The van der Waals surface area contributed by atoms with Crippen LogP contribution in [0.15, 0.2) is 30.7 Å². The number of hydrogen-bond acceptors (Lipinski definition) is 4. The molecule has 0 saturated carbocycles. The van der Waals surface area contributed by atoms with Gasteiger partial charge in [-0.05, 0) is 12.1 Å². The maximum Gasteiger partial charge on any atom is 0.433 e. The van der Waals surface area contributed by atoms with Crippen LogP contribution in [0.25, 0.3) is 0 Å². The number of aromatic nitrogens is 3. The zero-order chi connectivity index (χ0) is 16.6. The van der Waals surface area contributed by atoms with E-state index in [0.717, 1.165) is 18.3 Å². The fourth-order valence-electron chi connectivity index (χ4n) is 2.25. The fourth-order valence-corrected chi connectivity index (χ4v) is 2.25. The van der Waals surface area contributed by atoms with Crippen molar-refractivity contribution < 1.29 is 18.0 Å². The average molecular weight is 321 g/mol. The highest BCUT2D eigenvalue weighted by molar-refractivity contribution is 5.94. The second-order valence-electron chi connectivity index (χ2n) is 5.11. The summed E-state index contributed by atoms with van der Waals surface area (Å²) in [5, 5.41) is 12.8. The summed E-state index contributed by atoms with van der Waals surface area (Å²) in [6, 6.07) is 3.83. The molecule has 6 nitrogen and oxygen atoms in total. The Morgan fingerprint density at radius 3 is 2.57 bits per heavy atom. The second kappa shape index (κ2) is 5.39. The minimum atomic E-state index is -4.53. The third-order valence-electron chi connectivity index (χ3n) is 3.56. The first-order chi connectivity index (χ1) is 10.9. The van der Waals surface area contributed by atoms with E-state index >= 15 is 0 Å². The van der Waals surface area contributed by atoms with E-state index in [-0.39, 0.29) is 17.5 Å². The van der Waals surface area contributed by atoms with Crippen LogP contribution in [0.4, 0.5) is 13.2 Å². The van der Waals surface area contributed by atoms with E-state index in [4.69, 9.17) is 5.26 Å². The number of likely N-dealkylation sites (tertiary alicyclic amines) is 1. The summed E-state index contributed by atoms with van der Waals surface area (Å²) >= 11 is 0. The molecular weight excluding hydrogens is 311 g/mol. The number of carbonyl (C=O) groups excluding carboxylic acids is 1. The molecule has 0 N–H and O–H groups in total. The summed E-state index contributed by atoms with van der Waals surface area (Å²) in [6.45, 7) is 0.763. The molecule has 1 aliphatic heterocycles. The fraction of sp³-hybridized carbons (Fsp3) is 0.286. The lowest BCUT2D eigenvalue weighted by atomic mass is 10.1. The number of rotatable bonds is 2. The Balaban J connectivity index is 1.63. The Morgan fingerprint density at radius 2 is 2.04 bits per heavy atom. The number of amides is 1. The van der Waals surface area contributed by atoms with Gasteiger partial charge in [0.1, 0.15) is 11.8 Å². The molecule has 0 unspecified atom stereocenters. The van der Waals surface area contributed by atoms with E-state index in [2.05, 4.69) is 10.1 Å².